The first-order valence-electron chi connectivity index (χ1n) is 5.37. The zero-order valence-corrected chi connectivity index (χ0v) is 10.4. The van der Waals surface area contributed by atoms with E-state index in [1.54, 1.807) is 13.0 Å². The van der Waals surface area contributed by atoms with E-state index in [-0.39, 0.29) is 17.3 Å². The second-order valence-corrected chi connectivity index (χ2v) is 3.97. The first kappa shape index (κ1) is 14.2. The van der Waals surface area contributed by atoms with E-state index < -0.39 is 7.12 Å². The summed E-state index contributed by atoms with van der Waals surface area (Å²) in [7, 11) is -1.67. The number of benzene rings is 1. The molecule has 2 amide bonds. The Labute approximate surface area is 105 Å². The number of nitrogens with one attached hydrogen (secondary N) is 2. The van der Waals surface area contributed by atoms with Crippen molar-refractivity contribution in [2.45, 2.75) is 20.8 Å². The van der Waals surface area contributed by atoms with Crippen LogP contribution < -0.4 is 16.1 Å². The average molecular weight is 250 g/mol. The maximum absolute atomic E-state index is 11.1. The van der Waals surface area contributed by atoms with Gasteiger partial charge in [0.2, 0.25) is 11.8 Å². The summed E-state index contributed by atoms with van der Waals surface area (Å²) in [5.41, 5.74) is 1.58. The Morgan fingerprint density at radius 2 is 1.67 bits per heavy atom. The molecule has 0 bridgehead atoms. The third-order valence-corrected chi connectivity index (χ3v) is 2.36. The fourth-order valence-corrected chi connectivity index (χ4v) is 1.60. The number of amides is 2. The third kappa shape index (κ3) is 3.58. The Morgan fingerprint density at radius 3 is 2.11 bits per heavy atom. The van der Waals surface area contributed by atoms with Crippen molar-refractivity contribution in [3.05, 3.63) is 17.7 Å². The van der Waals surface area contributed by atoms with E-state index in [0.29, 0.717) is 16.9 Å². The minimum absolute atomic E-state index is 0.227. The third-order valence-electron chi connectivity index (χ3n) is 2.36. The molecule has 0 fully saturated rings. The Kier molecular flexibility index (Phi) is 4.46. The summed E-state index contributed by atoms with van der Waals surface area (Å²) in [6.45, 7) is 4.34. The number of carbonyl (C=O) groups excluding carboxylic acids is 2. The first-order chi connectivity index (χ1) is 8.31. The first-order valence-corrected chi connectivity index (χ1v) is 5.37. The van der Waals surface area contributed by atoms with Crippen molar-refractivity contribution >= 4 is 35.8 Å². The molecule has 0 spiro atoms. The standard InChI is InChI=1S/C11H15BN2O4/c1-6-10(12(17)18)4-9(13-7(2)15)5-11(6)14-8(3)16/h4-5,17-18H,1-3H3,(H,13,15)(H,14,16). The lowest BCUT2D eigenvalue weighted by Gasteiger charge is -2.14. The largest absolute Gasteiger partial charge is 0.488 e. The van der Waals surface area contributed by atoms with Gasteiger partial charge in [-0.15, -0.1) is 0 Å². The molecule has 0 saturated heterocycles. The second-order valence-electron chi connectivity index (χ2n) is 3.97. The van der Waals surface area contributed by atoms with Crippen LogP contribution in [0.4, 0.5) is 11.4 Å². The molecule has 7 heteroatoms. The molecule has 0 saturated carbocycles. The molecular weight excluding hydrogens is 235 g/mol. The maximum Gasteiger partial charge on any atom is 0.488 e. The molecule has 1 aromatic carbocycles. The van der Waals surface area contributed by atoms with Gasteiger partial charge in [-0.05, 0) is 30.1 Å². The predicted octanol–water partition coefficient (Wildman–Crippen LogP) is -0.408. The molecule has 0 aliphatic heterocycles. The maximum atomic E-state index is 11.1. The highest BCUT2D eigenvalue weighted by molar-refractivity contribution is 6.59. The molecule has 0 atom stereocenters. The summed E-state index contributed by atoms with van der Waals surface area (Å²) in [6, 6.07) is 3.01. The van der Waals surface area contributed by atoms with Gasteiger partial charge in [0.1, 0.15) is 0 Å². The van der Waals surface area contributed by atoms with E-state index in [2.05, 4.69) is 10.6 Å². The van der Waals surface area contributed by atoms with Gasteiger partial charge in [-0.25, -0.2) is 0 Å². The lowest BCUT2D eigenvalue weighted by molar-refractivity contribution is -0.115. The predicted molar refractivity (Wildman–Crippen MR) is 69.6 cm³/mol. The second kappa shape index (κ2) is 5.66. The highest BCUT2D eigenvalue weighted by atomic mass is 16.4. The quantitative estimate of drug-likeness (QED) is 0.548. The summed E-state index contributed by atoms with van der Waals surface area (Å²) in [4.78, 5) is 22.0. The van der Waals surface area contributed by atoms with Gasteiger partial charge in [-0.2, -0.15) is 0 Å². The molecule has 18 heavy (non-hydrogen) atoms. The van der Waals surface area contributed by atoms with Gasteiger partial charge in [0.05, 0.1) is 0 Å². The molecule has 1 aromatic rings. The minimum atomic E-state index is -1.67. The zero-order chi connectivity index (χ0) is 13.9. The normalized spacial score (nSPS) is 9.83. The summed E-state index contributed by atoms with van der Waals surface area (Å²) in [6.07, 6.45) is 0. The SMILES string of the molecule is CC(=O)Nc1cc(NC(C)=O)c(C)c(B(O)O)c1. The Hall–Kier alpha value is -1.86. The van der Waals surface area contributed by atoms with Crippen LogP contribution in [0.25, 0.3) is 0 Å². The van der Waals surface area contributed by atoms with Crippen molar-refractivity contribution < 1.29 is 19.6 Å². The van der Waals surface area contributed by atoms with Gasteiger partial charge >= 0.3 is 7.12 Å². The molecule has 0 unspecified atom stereocenters. The summed E-state index contributed by atoms with van der Waals surface area (Å²) < 4.78 is 0. The molecule has 0 aliphatic carbocycles. The van der Waals surface area contributed by atoms with Crippen molar-refractivity contribution in [1.29, 1.82) is 0 Å². The molecule has 6 nitrogen and oxygen atoms in total. The molecule has 0 heterocycles. The lowest BCUT2D eigenvalue weighted by atomic mass is 9.76. The van der Waals surface area contributed by atoms with Crippen LogP contribution in [-0.4, -0.2) is 29.0 Å². The van der Waals surface area contributed by atoms with Gasteiger partial charge < -0.3 is 20.7 Å². The van der Waals surface area contributed by atoms with Gasteiger partial charge in [-0.3, -0.25) is 9.59 Å². The van der Waals surface area contributed by atoms with Crippen molar-refractivity contribution in [1.82, 2.24) is 0 Å². The van der Waals surface area contributed by atoms with Crippen LogP contribution in [-0.2, 0) is 9.59 Å². The van der Waals surface area contributed by atoms with Crippen LogP contribution in [0.15, 0.2) is 12.1 Å². The average Bonchev–Trinajstić information content (AvgIpc) is 2.20. The number of anilines is 2. The molecule has 0 aliphatic rings. The number of carbonyl (C=O) groups is 2. The van der Waals surface area contributed by atoms with E-state index >= 15 is 0 Å². The van der Waals surface area contributed by atoms with Gasteiger partial charge in [0, 0.05) is 25.2 Å². The Bertz CT molecular complexity index is 488. The van der Waals surface area contributed by atoms with E-state index in [1.807, 2.05) is 0 Å². The fourth-order valence-electron chi connectivity index (χ4n) is 1.60. The lowest BCUT2D eigenvalue weighted by Crippen LogP contribution is -2.33. The molecule has 1 rings (SSSR count). The molecule has 0 radical (unpaired) electrons. The zero-order valence-electron chi connectivity index (χ0n) is 10.4. The smallest absolute Gasteiger partial charge is 0.423 e. The number of rotatable bonds is 3. The van der Waals surface area contributed by atoms with Crippen LogP contribution in [0, 0.1) is 6.92 Å². The van der Waals surface area contributed by atoms with Gasteiger partial charge in [0.25, 0.3) is 0 Å². The molecular formula is C11H15BN2O4. The van der Waals surface area contributed by atoms with Crippen LogP contribution in [0.2, 0.25) is 0 Å². The Morgan fingerprint density at radius 1 is 1.11 bits per heavy atom. The topological polar surface area (TPSA) is 98.7 Å². The van der Waals surface area contributed by atoms with E-state index in [4.69, 9.17) is 0 Å². The van der Waals surface area contributed by atoms with Crippen LogP contribution in [0.3, 0.4) is 0 Å². The van der Waals surface area contributed by atoms with Crippen molar-refractivity contribution in [2.75, 3.05) is 10.6 Å². The summed E-state index contributed by atoms with van der Waals surface area (Å²) >= 11 is 0. The van der Waals surface area contributed by atoms with E-state index in [0.717, 1.165) is 0 Å². The highest BCUT2D eigenvalue weighted by Gasteiger charge is 2.18. The monoisotopic (exact) mass is 250 g/mol. The Balaban J connectivity index is 3.26. The minimum Gasteiger partial charge on any atom is -0.423 e. The van der Waals surface area contributed by atoms with Crippen LogP contribution in [0.5, 0.6) is 0 Å². The van der Waals surface area contributed by atoms with Crippen LogP contribution in [0.1, 0.15) is 19.4 Å². The molecule has 4 N–H and O–H groups in total. The number of hydrogen-bond donors (Lipinski definition) is 4. The van der Waals surface area contributed by atoms with Crippen molar-refractivity contribution in [3.63, 3.8) is 0 Å². The molecule has 96 valence electrons. The highest BCUT2D eigenvalue weighted by Crippen LogP contribution is 2.19. The molecule has 0 aromatic heterocycles. The van der Waals surface area contributed by atoms with Crippen molar-refractivity contribution in [3.8, 4) is 0 Å². The summed E-state index contributed by atoms with van der Waals surface area (Å²) in [5, 5.41) is 23.6. The van der Waals surface area contributed by atoms with Crippen molar-refractivity contribution in [2.24, 2.45) is 0 Å². The van der Waals surface area contributed by atoms with E-state index in [1.165, 1.54) is 19.9 Å². The number of hydrogen-bond acceptors (Lipinski definition) is 4. The van der Waals surface area contributed by atoms with Crippen LogP contribution >= 0.6 is 0 Å². The van der Waals surface area contributed by atoms with E-state index in [9.17, 15) is 19.6 Å². The summed E-state index contributed by atoms with van der Waals surface area (Å²) in [5.74, 6) is -0.567. The van der Waals surface area contributed by atoms with Gasteiger partial charge in [0.15, 0.2) is 0 Å². The van der Waals surface area contributed by atoms with Gasteiger partial charge in [-0.1, -0.05) is 0 Å². The fraction of sp³-hybridized carbons (Fsp3) is 0.273.